The van der Waals surface area contributed by atoms with Crippen molar-refractivity contribution < 1.29 is 19.5 Å². The summed E-state index contributed by atoms with van der Waals surface area (Å²) in [6, 6.07) is 14.5. The lowest BCUT2D eigenvalue weighted by atomic mass is 10.0. The van der Waals surface area contributed by atoms with Crippen molar-refractivity contribution in [1.29, 1.82) is 0 Å². The Hall–Kier alpha value is -2.95. The Bertz CT molecular complexity index is 752. The third-order valence-electron chi connectivity index (χ3n) is 3.37. The predicted molar refractivity (Wildman–Crippen MR) is 76.2 cm³/mol. The van der Waals surface area contributed by atoms with Crippen molar-refractivity contribution in [2.75, 3.05) is 11.4 Å². The molecule has 1 N–H and O–H groups in total. The average molecular weight is 281 g/mol. The second-order valence-corrected chi connectivity index (χ2v) is 4.71. The number of Topliss-reactive ketones (excluding diaryl/α,β-unsaturated/α-hetero) is 1. The summed E-state index contributed by atoms with van der Waals surface area (Å²) in [5.74, 6) is -2.61. The van der Waals surface area contributed by atoms with Gasteiger partial charge in [0.25, 0.3) is 11.7 Å². The molecule has 1 aliphatic rings. The maximum Gasteiger partial charge on any atom is 0.323 e. The van der Waals surface area contributed by atoms with Crippen molar-refractivity contribution in [3.05, 3.63) is 54.1 Å². The fourth-order valence-electron chi connectivity index (χ4n) is 2.40. The van der Waals surface area contributed by atoms with Crippen LogP contribution in [0.2, 0.25) is 0 Å². The summed E-state index contributed by atoms with van der Waals surface area (Å²) in [5, 5.41) is 8.83. The molecule has 1 heterocycles. The number of benzene rings is 2. The number of carboxylic acids is 1. The summed E-state index contributed by atoms with van der Waals surface area (Å²) >= 11 is 0. The van der Waals surface area contributed by atoms with Gasteiger partial charge in [0.1, 0.15) is 6.54 Å². The molecular formula is C16H11NO4. The molecule has 21 heavy (non-hydrogen) atoms. The molecule has 0 saturated heterocycles. The van der Waals surface area contributed by atoms with E-state index in [1.54, 1.807) is 18.2 Å². The third kappa shape index (κ3) is 2.18. The first kappa shape index (κ1) is 13.1. The van der Waals surface area contributed by atoms with Crippen LogP contribution in [0.5, 0.6) is 0 Å². The summed E-state index contributed by atoms with van der Waals surface area (Å²) in [6.07, 6.45) is 0. The molecule has 1 aliphatic heterocycles. The molecule has 1 amide bonds. The number of aliphatic carboxylic acids is 1. The van der Waals surface area contributed by atoms with Crippen LogP contribution in [0, 0.1) is 0 Å². The van der Waals surface area contributed by atoms with Crippen LogP contribution >= 0.6 is 0 Å². The van der Waals surface area contributed by atoms with Gasteiger partial charge in [-0.2, -0.15) is 0 Å². The van der Waals surface area contributed by atoms with Crippen LogP contribution in [0.4, 0.5) is 5.69 Å². The van der Waals surface area contributed by atoms with Gasteiger partial charge in [-0.1, -0.05) is 36.4 Å². The summed E-state index contributed by atoms with van der Waals surface area (Å²) in [4.78, 5) is 35.6. The number of anilines is 1. The molecule has 5 nitrogen and oxygen atoms in total. The molecular weight excluding hydrogens is 270 g/mol. The van der Waals surface area contributed by atoms with Gasteiger partial charge in [0, 0.05) is 0 Å². The maximum absolute atomic E-state index is 12.0. The van der Waals surface area contributed by atoms with E-state index in [2.05, 4.69) is 0 Å². The number of hydrogen-bond acceptors (Lipinski definition) is 3. The van der Waals surface area contributed by atoms with Crippen LogP contribution in [-0.4, -0.2) is 29.3 Å². The minimum absolute atomic E-state index is 0.252. The number of carbonyl (C=O) groups excluding carboxylic acids is 2. The second kappa shape index (κ2) is 4.86. The topological polar surface area (TPSA) is 74.7 Å². The number of hydrogen-bond donors (Lipinski definition) is 1. The molecule has 2 aromatic rings. The van der Waals surface area contributed by atoms with Crippen LogP contribution in [0.25, 0.3) is 11.1 Å². The summed E-state index contributed by atoms with van der Waals surface area (Å²) in [6.45, 7) is -0.512. The minimum atomic E-state index is -1.16. The van der Waals surface area contributed by atoms with Gasteiger partial charge in [-0.25, -0.2) is 0 Å². The van der Waals surface area contributed by atoms with Gasteiger partial charge in [-0.15, -0.1) is 0 Å². The van der Waals surface area contributed by atoms with Gasteiger partial charge in [-0.05, 0) is 23.3 Å². The zero-order valence-corrected chi connectivity index (χ0v) is 10.9. The SMILES string of the molecule is O=C(O)CN1C(=O)C(=O)c2cc(-c3ccccc3)ccc21. The van der Waals surface area contributed by atoms with E-state index >= 15 is 0 Å². The fraction of sp³-hybridized carbons (Fsp3) is 0.0625. The molecule has 5 heteroatoms. The van der Waals surface area contributed by atoms with Crippen molar-refractivity contribution in [1.82, 2.24) is 0 Å². The van der Waals surface area contributed by atoms with Gasteiger partial charge in [0.2, 0.25) is 0 Å². The highest BCUT2D eigenvalue weighted by Crippen LogP contribution is 2.32. The fourth-order valence-corrected chi connectivity index (χ4v) is 2.40. The molecule has 3 rings (SSSR count). The smallest absolute Gasteiger partial charge is 0.323 e. The lowest BCUT2D eigenvalue weighted by Crippen LogP contribution is -2.34. The zero-order valence-electron chi connectivity index (χ0n) is 10.9. The van der Waals surface area contributed by atoms with Gasteiger partial charge in [0.05, 0.1) is 11.3 Å². The molecule has 0 aliphatic carbocycles. The molecule has 0 bridgehead atoms. The molecule has 2 aromatic carbocycles. The summed E-state index contributed by atoms with van der Waals surface area (Å²) in [7, 11) is 0. The Morgan fingerprint density at radius 2 is 1.71 bits per heavy atom. The maximum atomic E-state index is 12.0. The average Bonchev–Trinajstić information content (AvgIpc) is 2.72. The molecule has 0 spiro atoms. The van der Waals surface area contributed by atoms with Crippen LogP contribution in [0.3, 0.4) is 0 Å². The molecule has 0 saturated carbocycles. The van der Waals surface area contributed by atoms with Crippen molar-refractivity contribution in [2.24, 2.45) is 0 Å². The minimum Gasteiger partial charge on any atom is -0.480 e. The lowest BCUT2D eigenvalue weighted by Gasteiger charge is -2.13. The van der Waals surface area contributed by atoms with E-state index in [0.29, 0.717) is 5.69 Å². The lowest BCUT2D eigenvalue weighted by molar-refractivity contribution is -0.136. The number of carbonyl (C=O) groups is 3. The Kier molecular flexibility index (Phi) is 3.02. The predicted octanol–water partition coefficient (Wildman–Crippen LogP) is 1.97. The normalized spacial score (nSPS) is 13.4. The van der Waals surface area contributed by atoms with Gasteiger partial charge in [-0.3, -0.25) is 19.3 Å². The number of ketones is 1. The standard InChI is InChI=1S/C16H11NO4/c18-14(19)9-17-13-7-6-11(10-4-2-1-3-5-10)8-12(13)15(20)16(17)21/h1-8H,9H2,(H,18,19). The van der Waals surface area contributed by atoms with Crippen LogP contribution in [0.15, 0.2) is 48.5 Å². The largest absolute Gasteiger partial charge is 0.480 e. The Morgan fingerprint density at radius 1 is 1.00 bits per heavy atom. The van der Waals surface area contributed by atoms with Crippen molar-refractivity contribution >= 4 is 23.3 Å². The number of rotatable bonds is 3. The van der Waals surface area contributed by atoms with E-state index in [1.807, 2.05) is 30.3 Å². The molecule has 0 fully saturated rings. The first-order chi connectivity index (χ1) is 10.1. The summed E-state index contributed by atoms with van der Waals surface area (Å²) in [5.41, 5.74) is 2.35. The van der Waals surface area contributed by atoms with E-state index in [4.69, 9.17) is 5.11 Å². The van der Waals surface area contributed by atoms with Crippen LogP contribution < -0.4 is 4.90 Å². The molecule has 0 atom stereocenters. The molecule has 0 unspecified atom stereocenters. The highest BCUT2D eigenvalue weighted by Gasteiger charge is 2.36. The van der Waals surface area contributed by atoms with Crippen LogP contribution in [0.1, 0.15) is 10.4 Å². The van der Waals surface area contributed by atoms with Crippen LogP contribution in [-0.2, 0) is 9.59 Å². The Balaban J connectivity index is 2.06. The monoisotopic (exact) mass is 281 g/mol. The Labute approximate surface area is 120 Å². The van der Waals surface area contributed by atoms with E-state index in [-0.39, 0.29) is 5.56 Å². The quantitative estimate of drug-likeness (QED) is 0.873. The first-order valence-electron chi connectivity index (χ1n) is 6.35. The van der Waals surface area contributed by atoms with Crippen molar-refractivity contribution in [2.45, 2.75) is 0 Å². The second-order valence-electron chi connectivity index (χ2n) is 4.71. The van der Waals surface area contributed by atoms with E-state index in [0.717, 1.165) is 16.0 Å². The number of fused-ring (bicyclic) bond motifs is 1. The van der Waals surface area contributed by atoms with E-state index in [1.165, 1.54) is 0 Å². The van der Waals surface area contributed by atoms with E-state index in [9.17, 15) is 14.4 Å². The number of carboxylic acid groups (broad SMARTS) is 1. The van der Waals surface area contributed by atoms with E-state index < -0.39 is 24.2 Å². The molecule has 104 valence electrons. The Morgan fingerprint density at radius 3 is 2.38 bits per heavy atom. The van der Waals surface area contributed by atoms with Crippen molar-refractivity contribution in [3.63, 3.8) is 0 Å². The summed E-state index contributed by atoms with van der Waals surface area (Å²) < 4.78 is 0. The highest BCUT2D eigenvalue weighted by atomic mass is 16.4. The zero-order chi connectivity index (χ0) is 15.0. The highest BCUT2D eigenvalue weighted by molar-refractivity contribution is 6.52. The molecule has 0 radical (unpaired) electrons. The van der Waals surface area contributed by atoms with Crippen molar-refractivity contribution in [3.8, 4) is 11.1 Å². The first-order valence-corrected chi connectivity index (χ1v) is 6.35. The van der Waals surface area contributed by atoms with Gasteiger partial charge < -0.3 is 5.11 Å². The number of amides is 1. The molecule has 0 aromatic heterocycles. The number of nitrogens with zero attached hydrogens (tertiary/aromatic N) is 1. The van der Waals surface area contributed by atoms with Gasteiger partial charge >= 0.3 is 5.97 Å². The third-order valence-corrected chi connectivity index (χ3v) is 3.37. The van der Waals surface area contributed by atoms with Gasteiger partial charge in [0.15, 0.2) is 0 Å².